The minimum Gasteiger partial charge on any atom is -0.460 e. The summed E-state index contributed by atoms with van der Waals surface area (Å²) in [7, 11) is 1.49. The van der Waals surface area contributed by atoms with Crippen LogP contribution in [-0.4, -0.2) is 38.0 Å². The molecule has 0 aromatic heterocycles. The summed E-state index contributed by atoms with van der Waals surface area (Å²) in [5, 5.41) is 0. The third-order valence-electron chi connectivity index (χ3n) is 2.57. The van der Waals surface area contributed by atoms with E-state index < -0.39 is 17.7 Å². The van der Waals surface area contributed by atoms with E-state index in [4.69, 9.17) is 14.2 Å². The predicted octanol–water partition coefficient (Wildman–Crippen LogP) is 1.77. The first-order valence-electron chi connectivity index (χ1n) is 6.61. The number of Topliss-reactive ketones (excluding diaryl/α,β-unsaturated/α-hetero) is 1. The Balaban J connectivity index is 2.86. The van der Waals surface area contributed by atoms with Crippen molar-refractivity contribution in [2.75, 3.05) is 20.3 Å². The molecule has 0 atom stereocenters. The Labute approximate surface area is 128 Å². The van der Waals surface area contributed by atoms with Crippen LogP contribution in [0, 0.1) is 0 Å². The molecule has 0 amide bonds. The van der Waals surface area contributed by atoms with Crippen LogP contribution in [0.2, 0.25) is 0 Å². The third-order valence-corrected chi connectivity index (χ3v) is 2.57. The molecular formula is C16H18O6. The standard InChI is InChI=1S/C16H18O6/c1-11(17)15(16(19)21-9-8-20-3)10-13-4-6-14(7-5-13)22-12(2)18/h4-7,10H,8-9H2,1-3H3/b15-10+. The SMILES string of the molecule is COCCOC(=O)/C(=C/c1ccc(OC(C)=O)cc1)C(C)=O. The van der Waals surface area contributed by atoms with E-state index in [-0.39, 0.29) is 18.8 Å². The van der Waals surface area contributed by atoms with Gasteiger partial charge in [-0.1, -0.05) is 12.1 Å². The van der Waals surface area contributed by atoms with Gasteiger partial charge in [0.1, 0.15) is 17.9 Å². The lowest BCUT2D eigenvalue weighted by Gasteiger charge is -2.06. The number of ketones is 1. The Kier molecular flexibility index (Phi) is 6.98. The maximum atomic E-state index is 11.8. The summed E-state index contributed by atoms with van der Waals surface area (Å²) in [4.78, 5) is 34.2. The summed E-state index contributed by atoms with van der Waals surface area (Å²) >= 11 is 0. The van der Waals surface area contributed by atoms with Gasteiger partial charge in [-0.3, -0.25) is 9.59 Å². The minimum atomic E-state index is -0.700. The first kappa shape index (κ1) is 17.6. The summed E-state index contributed by atoms with van der Waals surface area (Å²) in [6, 6.07) is 6.40. The highest BCUT2D eigenvalue weighted by atomic mass is 16.6. The van der Waals surface area contributed by atoms with Crippen molar-refractivity contribution in [1.82, 2.24) is 0 Å². The van der Waals surface area contributed by atoms with Crippen LogP contribution in [0.5, 0.6) is 5.75 Å². The van der Waals surface area contributed by atoms with Crippen molar-refractivity contribution in [1.29, 1.82) is 0 Å². The summed E-state index contributed by atoms with van der Waals surface area (Å²) in [5.41, 5.74) is 0.557. The molecule has 1 aromatic rings. The molecule has 0 unspecified atom stereocenters. The molecule has 1 aromatic carbocycles. The van der Waals surface area contributed by atoms with Gasteiger partial charge in [-0.2, -0.15) is 0 Å². The number of esters is 2. The highest BCUT2D eigenvalue weighted by molar-refractivity contribution is 6.19. The van der Waals surface area contributed by atoms with Crippen LogP contribution < -0.4 is 4.74 Å². The summed E-state index contributed by atoms with van der Waals surface area (Å²) in [5.74, 6) is -1.13. The van der Waals surface area contributed by atoms with Gasteiger partial charge in [0.05, 0.1) is 6.61 Å². The molecule has 0 heterocycles. The molecule has 0 fully saturated rings. The van der Waals surface area contributed by atoms with Crippen LogP contribution in [0.15, 0.2) is 29.8 Å². The molecule has 6 nitrogen and oxygen atoms in total. The zero-order valence-electron chi connectivity index (χ0n) is 12.8. The summed E-state index contributed by atoms with van der Waals surface area (Å²) in [6.07, 6.45) is 1.43. The average molecular weight is 306 g/mol. The van der Waals surface area contributed by atoms with Crippen molar-refractivity contribution < 1.29 is 28.6 Å². The molecule has 0 aliphatic carbocycles. The number of carbonyl (C=O) groups is 3. The molecule has 6 heteroatoms. The van der Waals surface area contributed by atoms with Crippen LogP contribution in [-0.2, 0) is 23.9 Å². The molecular weight excluding hydrogens is 288 g/mol. The molecule has 0 bridgehead atoms. The maximum absolute atomic E-state index is 11.8. The monoisotopic (exact) mass is 306 g/mol. The Bertz CT molecular complexity index is 571. The van der Waals surface area contributed by atoms with Crippen LogP contribution >= 0.6 is 0 Å². The highest BCUT2D eigenvalue weighted by Crippen LogP contribution is 2.15. The van der Waals surface area contributed by atoms with Crippen molar-refractivity contribution in [3.63, 3.8) is 0 Å². The summed E-state index contributed by atoms with van der Waals surface area (Å²) in [6.45, 7) is 2.92. The van der Waals surface area contributed by atoms with Crippen LogP contribution in [0.1, 0.15) is 19.4 Å². The Morgan fingerprint density at radius 1 is 1.05 bits per heavy atom. The van der Waals surface area contributed by atoms with Crippen molar-refractivity contribution >= 4 is 23.8 Å². The number of benzene rings is 1. The molecule has 0 N–H and O–H groups in total. The van der Waals surface area contributed by atoms with E-state index in [0.29, 0.717) is 11.3 Å². The normalized spacial score (nSPS) is 11.0. The minimum absolute atomic E-state index is 0.0589. The van der Waals surface area contributed by atoms with Crippen LogP contribution in [0.3, 0.4) is 0 Å². The first-order valence-corrected chi connectivity index (χ1v) is 6.61. The fraction of sp³-hybridized carbons (Fsp3) is 0.312. The van der Waals surface area contributed by atoms with E-state index in [2.05, 4.69) is 0 Å². The van der Waals surface area contributed by atoms with Gasteiger partial charge in [0, 0.05) is 14.0 Å². The average Bonchev–Trinajstić information content (AvgIpc) is 2.45. The quantitative estimate of drug-likeness (QED) is 0.191. The number of hydrogen-bond donors (Lipinski definition) is 0. The lowest BCUT2D eigenvalue weighted by molar-refractivity contribution is -0.141. The maximum Gasteiger partial charge on any atom is 0.341 e. The lowest BCUT2D eigenvalue weighted by Crippen LogP contribution is -2.16. The highest BCUT2D eigenvalue weighted by Gasteiger charge is 2.16. The molecule has 118 valence electrons. The van der Waals surface area contributed by atoms with E-state index in [1.165, 1.54) is 27.0 Å². The van der Waals surface area contributed by atoms with Crippen LogP contribution in [0.4, 0.5) is 0 Å². The number of ether oxygens (including phenoxy) is 3. The fourth-order valence-corrected chi connectivity index (χ4v) is 1.56. The van der Waals surface area contributed by atoms with Crippen molar-refractivity contribution in [2.45, 2.75) is 13.8 Å². The Morgan fingerprint density at radius 3 is 2.18 bits per heavy atom. The van der Waals surface area contributed by atoms with Gasteiger partial charge in [-0.25, -0.2) is 4.79 Å². The largest absolute Gasteiger partial charge is 0.460 e. The second kappa shape index (κ2) is 8.74. The zero-order valence-corrected chi connectivity index (χ0v) is 12.8. The van der Waals surface area contributed by atoms with Crippen molar-refractivity contribution in [3.05, 3.63) is 35.4 Å². The Hall–Kier alpha value is -2.47. The number of carbonyl (C=O) groups excluding carboxylic acids is 3. The summed E-state index contributed by atoms with van der Waals surface area (Å²) < 4.78 is 14.6. The first-order chi connectivity index (χ1) is 10.4. The van der Waals surface area contributed by atoms with E-state index in [1.807, 2.05) is 0 Å². The molecule has 0 spiro atoms. The Morgan fingerprint density at radius 2 is 1.68 bits per heavy atom. The van der Waals surface area contributed by atoms with Crippen molar-refractivity contribution in [2.24, 2.45) is 0 Å². The topological polar surface area (TPSA) is 78.9 Å². The number of rotatable bonds is 7. The van der Waals surface area contributed by atoms with Gasteiger partial charge in [0.25, 0.3) is 0 Å². The van der Waals surface area contributed by atoms with E-state index in [9.17, 15) is 14.4 Å². The zero-order chi connectivity index (χ0) is 16.5. The molecule has 0 saturated carbocycles. The second-order valence-corrected chi connectivity index (χ2v) is 4.41. The van der Waals surface area contributed by atoms with Gasteiger partial charge in [-0.15, -0.1) is 0 Å². The molecule has 1 rings (SSSR count). The third kappa shape index (κ3) is 5.88. The molecule has 0 radical (unpaired) electrons. The number of hydrogen-bond acceptors (Lipinski definition) is 6. The van der Waals surface area contributed by atoms with E-state index in [0.717, 1.165) is 0 Å². The van der Waals surface area contributed by atoms with E-state index >= 15 is 0 Å². The smallest absolute Gasteiger partial charge is 0.341 e. The second-order valence-electron chi connectivity index (χ2n) is 4.41. The molecule has 0 aliphatic heterocycles. The van der Waals surface area contributed by atoms with Gasteiger partial charge < -0.3 is 14.2 Å². The predicted molar refractivity (Wildman–Crippen MR) is 79.2 cm³/mol. The molecule has 0 saturated heterocycles. The van der Waals surface area contributed by atoms with Gasteiger partial charge >= 0.3 is 11.9 Å². The van der Waals surface area contributed by atoms with E-state index in [1.54, 1.807) is 24.3 Å². The van der Waals surface area contributed by atoms with Crippen LogP contribution in [0.25, 0.3) is 6.08 Å². The fourth-order valence-electron chi connectivity index (χ4n) is 1.56. The molecule has 0 aliphatic rings. The lowest BCUT2D eigenvalue weighted by atomic mass is 10.1. The van der Waals surface area contributed by atoms with Gasteiger partial charge in [-0.05, 0) is 30.7 Å². The number of methoxy groups -OCH3 is 1. The van der Waals surface area contributed by atoms with Gasteiger partial charge in [0.2, 0.25) is 0 Å². The molecule has 22 heavy (non-hydrogen) atoms. The van der Waals surface area contributed by atoms with Crippen molar-refractivity contribution in [3.8, 4) is 5.75 Å². The van der Waals surface area contributed by atoms with Gasteiger partial charge in [0.15, 0.2) is 5.78 Å².